The van der Waals surface area contributed by atoms with E-state index in [1.54, 1.807) is 24.6 Å². The predicted octanol–water partition coefficient (Wildman–Crippen LogP) is 2.72. The van der Waals surface area contributed by atoms with Gasteiger partial charge in [-0.15, -0.1) is 11.3 Å². The summed E-state index contributed by atoms with van der Waals surface area (Å²) >= 11 is 1.67. The molecule has 108 valence electrons. The van der Waals surface area contributed by atoms with E-state index in [1.807, 2.05) is 12.1 Å². The van der Waals surface area contributed by atoms with Crippen LogP contribution in [0.15, 0.2) is 33.2 Å². The highest BCUT2D eigenvalue weighted by Gasteiger charge is 2.06. The van der Waals surface area contributed by atoms with Crippen LogP contribution >= 0.6 is 11.3 Å². The third-order valence-electron chi connectivity index (χ3n) is 2.80. The summed E-state index contributed by atoms with van der Waals surface area (Å²) < 4.78 is 5.27. The summed E-state index contributed by atoms with van der Waals surface area (Å²) in [5.41, 5.74) is 1.14. The number of aromatic nitrogens is 1. The quantitative estimate of drug-likeness (QED) is 0.657. The van der Waals surface area contributed by atoms with Gasteiger partial charge in [-0.05, 0) is 18.1 Å². The lowest BCUT2D eigenvalue weighted by Crippen LogP contribution is -2.36. The number of guanidine groups is 1. The molecule has 0 saturated heterocycles. The van der Waals surface area contributed by atoms with Crippen molar-refractivity contribution in [2.75, 3.05) is 7.05 Å². The van der Waals surface area contributed by atoms with Gasteiger partial charge in [0.25, 0.3) is 0 Å². The second-order valence-electron chi connectivity index (χ2n) is 4.68. The van der Waals surface area contributed by atoms with Crippen LogP contribution in [0.2, 0.25) is 0 Å². The molecule has 0 aromatic carbocycles. The Morgan fingerprint density at radius 1 is 1.40 bits per heavy atom. The van der Waals surface area contributed by atoms with E-state index in [4.69, 9.17) is 4.42 Å². The van der Waals surface area contributed by atoms with Crippen molar-refractivity contribution in [3.63, 3.8) is 0 Å². The van der Waals surface area contributed by atoms with Gasteiger partial charge in [-0.3, -0.25) is 4.99 Å². The predicted molar refractivity (Wildman–Crippen MR) is 81.9 cm³/mol. The van der Waals surface area contributed by atoms with Crippen molar-refractivity contribution in [1.82, 2.24) is 15.6 Å². The number of furan rings is 1. The average Bonchev–Trinajstić information content (AvgIpc) is 3.10. The van der Waals surface area contributed by atoms with Crippen molar-refractivity contribution >= 4 is 17.3 Å². The molecule has 0 amide bonds. The number of rotatable bonds is 5. The van der Waals surface area contributed by atoms with E-state index in [0.717, 1.165) is 22.4 Å². The largest absolute Gasteiger partial charge is 0.467 e. The third-order valence-corrected chi connectivity index (χ3v) is 3.67. The Labute approximate surface area is 123 Å². The minimum absolute atomic E-state index is 0.469. The number of nitrogens with one attached hydrogen (secondary N) is 2. The summed E-state index contributed by atoms with van der Waals surface area (Å²) in [6.45, 7) is 5.59. The molecule has 0 aliphatic carbocycles. The number of hydrogen-bond acceptors (Lipinski definition) is 4. The van der Waals surface area contributed by atoms with Crippen molar-refractivity contribution in [3.8, 4) is 0 Å². The van der Waals surface area contributed by atoms with Gasteiger partial charge in [-0.1, -0.05) is 13.8 Å². The van der Waals surface area contributed by atoms with Crippen LogP contribution in [0.4, 0.5) is 0 Å². The zero-order valence-electron chi connectivity index (χ0n) is 12.0. The van der Waals surface area contributed by atoms with Crippen LogP contribution in [0, 0.1) is 0 Å². The lowest BCUT2D eigenvalue weighted by Gasteiger charge is -2.09. The molecule has 2 aromatic rings. The molecule has 2 rings (SSSR count). The summed E-state index contributed by atoms with van der Waals surface area (Å²) in [4.78, 5) is 8.75. The normalized spacial score (nSPS) is 11.9. The van der Waals surface area contributed by atoms with Gasteiger partial charge in [0.05, 0.1) is 25.0 Å². The molecular formula is C14H20N4OS. The molecule has 0 spiro atoms. The molecule has 0 aliphatic heterocycles. The van der Waals surface area contributed by atoms with Crippen LogP contribution in [0.3, 0.4) is 0 Å². The zero-order chi connectivity index (χ0) is 14.4. The van der Waals surface area contributed by atoms with Gasteiger partial charge in [0.2, 0.25) is 0 Å². The fourth-order valence-corrected chi connectivity index (χ4v) is 2.53. The van der Waals surface area contributed by atoms with Gasteiger partial charge >= 0.3 is 0 Å². The Bertz CT molecular complexity index is 545. The molecule has 20 heavy (non-hydrogen) atoms. The van der Waals surface area contributed by atoms with Gasteiger partial charge in [-0.25, -0.2) is 4.98 Å². The van der Waals surface area contributed by atoms with Gasteiger partial charge in [0, 0.05) is 12.4 Å². The second-order valence-corrected chi connectivity index (χ2v) is 5.62. The topological polar surface area (TPSA) is 62.5 Å². The lowest BCUT2D eigenvalue weighted by molar-refractivity contribution is 0.501. The maximum Gasteiger partial charge on any atom is 0.191 e. The first-order chi connectivity index (χ1) is 9.69. The summed E-state index contributed by atoms with van der Waals surface area (Å²) in [7, 11) is 1.75. The second kappa shape index (κ2) is 7.09. The Morgan fingerprint density at radius 3 is 2.80 bits per heavy atom. The Kier molecular flexibility index (Phi) is 5.17. The molecule has 0 radical (unpaired) electrons. The van der Waals surface area contributed by atoms with E-state index in [0.29, 0.717) is 19.0 Å². The molecule has 0 unspecified atom stereocenters. The Morgan fingerprint density at radius 2 is 2.20 bits per heavy atom. The highest BCUT2D eigenvalue weighted by Crippen LogP contribution is 2.17. The van der Waals surface area contributed by atoms with Crippen LogP contribution in [-0.4, -0.2) is 18.0 Å². The van der Waals surface area contributed by atoms with Gasteiger partial charge in [0.15, 0.2) is 5.96 Å². The van der Waals surface area contributed by atoms with Crippen molar-refractivity contribution < 1.29 is 4.42 Å². The summed E-state index contributed by atoms with van der Waals surface area (Å²) in [5, 5.41) is 9.62. The van der Waals surface area contributed by atoms with Gasteiger partial charge in [0.1, 0.15) is 10.8 Å². The SMILES string of the molecule is CN=C(NCc1ccco1)NCc1nc(C(C)C)cs1. The fraction of sp³-hybridized carbons (Fsp3) is 0.429. The van der Waals surface area contributed by atoms with Crippen molar-refractivity contribution in [1.29, 1.82) is 0 Å². The molecule has 0 atom stereocenters. The van der Waals surface area contributed by atoms with E-state index in [-0.39, 0.29) is 0 Å². The standard InChI is InChI=1S/C14H20N4OS/c1-10(2)12-9-20-13(18-12)8-17-14(15-3)16-7-11-5-4-6-19-11/h4-6,9-10H,7-8H2,1-3H3,(H2,15,16,17). The minimum Gasteiger partial charge on any atom is -0.467 e. The fourth-order valence-electron chi connectivity index (χ4n) is 1.64. The van der Waals surface area contributed by atoms with Gasteiger partial charge in [-0.2, -0.15) is 0 Å². The highest BCUT2D eigenvalue weighted by atomic mass is 32.1. The van der Waals surface area contributed by atoms with E-state index in [1.165, 1.54) is 0 Å². The molecule has 6 heteroatoms. The highest BCUT2D eigenvalue weighted by molar-refractivity contribution is 7.09. The molecule has 0 bridgehead atoms. The summed E-state index contributed by atoms with van der Waals surface area (Å²) in [6.07, 6.45) is 1.66. The molecule has 2 heterocycles. The first-order valence-electron chi connectivity index (χ1n) is 6.60. The van der Waals surface area contributed by atoms with Gasteiger partial charge < -0.3 is 15.1 Å². The van der Waals surface area contributed by atoms with Crippen molar-refractivity contribution in [2.45, 2.75) is 32.9 Å². The maximum absolute atomic E-state index is 5.27. The van der Waals surface area contributed by atoms with Crippen molar-refractivity contribution in [2.24, 2.45) is 4.99 Å². The molecule has 0 saturated carbocycles. The molecule has 0 fully saturated rings. The third kappa shape index (κ3) is 4.09. The molecule has 2 N–H and O–H groups in total. The number of hydrogen-bond donors (Lipinski definition) is 2. The number of aliphatic imine (C=N–C) groups is 1. The summed E-state index contributed by atoms with van der Waals surface area (Å²) in [5.74, 6) is 2.09. The molecular weight excluding hydrogens is 272 g/mol. The lowest BCUT2D eigenvalue weighted by atomic mass is 10.2. The summed E-state index contributed by atoms with van der Waals surface area (Å²) in [6, 6.07) is 3.80. The monoisotopic (exact) mass is 292 g/mol. The zero-order valence-corrected chi connectivity index (χ0v) is 12.8. The average molecular weight is 292 g/mol. The van der Waals surface area contributed by atoms with Crippen LogP contribution < -0.4 is 10.6 Å². The van der Waals surface area contributed by atoms with E-state index in [2.05, 4.69) is 39.8 Å². The van der Waals surface area contributed by atoms with Crippen LogP contribution in [0.1, 0.15) is 36.2 Å². The molecule has 2 aromatic heterocycles. The smallest absolute Gasteiger partial charge is 0.191 e. The number of thiazole rings is 1. The van der Waals surface area contributed by atoms with E-state index >= 15 is 0 Å². The molecule has 5 nitrogen and oxygen atoms in total. The van der Waals surface area contributed by atoms with Crippen molar-refractivity contribution in [3.05, 3.63) is 40.2 Å². The van der Waals surface area contributed by atoms with E-state index < -0.39 is 0 Å². The van der Waals surface area contributed by atoms with Crippen LogP contribution in [0.5, 0.6) is 0 Å². The molecule has 0 aliphatic rings. The maximum atomic E-state index is 5.27. The number of nitrogens with zero attached hydrogens (tertiary/aromatic N) is 2. The minimum atomic E-state index is 0.469. The van der Waals surface area contributed by atoms with Crippen LogP contribution in [-0.2, 0) is 13.1 Å². The Hall–Kier alpha value is -1.82. The van der Waals surface area contributed by atoms with E-state index in [9.17, 15) is 0 Å². The van der Waals surface area contributed by atoms with Crippen LogP contribution in [0.25, 0.3) is 0 Å². The first-order valence-corrected chi connectivity index (χ1v) is 7.48. The Balaban J connectivity index is 1.81. The first kappa shape index (κ1) is 14.6.